The van der Waals surface area contributed by atoms with Crippen molar-refractivity contribution in [3.05, 3.63) is 30.7 Å². The molecule has 2 aromatic rings. The lowest BCUT2D eigenvalue weighted by molar-refractivity contribution is 0.328. The third-order valence-corrected chi connectivity index (χ3v) is 3.39. The molecule has 0 aliphatic carbocycles. The van der Waals surface area contributed by atoms with Gasteiger partial charge in [0, 0.05) is 31.7 Å². The average Bonchev–Trinajstić information content (AvgIpc) is 3.02. The highest BCUT2D eigenvalue weighted by Crippen LogP contribution is 2.33. The summed E-state index contributed by atoms with van der Waals surface area (Å²) in [5.74, 6) is 1.55. The molecule has 0 N–H and O–H groups in total. The van der Waals surface area contributed by atoms with Gasteiger partial charge in [-0.3, -0.25) is 4.98 Å². The van der Waals surface area contributed by atoms with E-state index in [4.69, 9.17) is 4.74 Å². The summed E-state index contributed by atoms with van der Waals surface area (Å²) >= 11 is 0. The van der Waals surface area contributed by atoms with Crippen LogP contribution in [0.3, 0.4) is 0 Å². The van der Waals surface area contributed by atoms with Crippen LogP contribution in [-0.2, 0) is 0 Å². The topological polar surface area (TPSA) is 51.1 Å². The minimum absolute atomic E-state index is 0.587. The van der Waals surface area contributed by atoms with Crippen LogP contribution in [0.1, 0.15) is 19.8 Å². The van der Waals surface area contributed by atoms with Crippen LogP contribution in [0.15, 0.2) is 30.7 Å². The molecular formula is C15H18N4O. The molecule has 1 aliphatic rings. The lowest BCUT2D eigenvalue weighted by atomic mass is 10.2. The standard InChI is InChI=1S/C15H18N4O/c1-2-20-15-12(6-5-7-18-15)13-14(17-9-8-16-13)19-10-3-4-11-19/h5-9H,2-4,10-11H2,1H3. The van der Waals surface area contributed by atoms with Gasteiger partial charge in [0.2, 0.25) is 5.88 Å². The monoisotopic (exact) mass is 270 g/mol. The van der Waals surface area contributed by atoms with Crippen molar-refractivity contribution in [1.82, 2.24) is 15.0 Å². The van der Waals surface area contributed by atoms with Crippen LogP contribution in [-0.4, -0.2) is 34.6 Å². The van der Waals surface area contributed by atoms with E-state index >= 15 is 0 Å². The predicted molar refractivity (Wildman–Crippen MR) is 77.9 cm³/mol. The van der Waals surface area contributed by atoms with Gasteiger partial charge in [-0.25, -0.2) is 9.97 Å². The number of ether oxygens (including phenoxy) is 1. The molecular weight excluding hydrogens is 252 g/mol. The molecule has 104 valence electrons. The van der Waals surface area contributed by atoms with Crippen molar-refractivity contribution in [3.63, 3.8) is 0 Å². The van der Waals surface area contributed by atoms with Gasteiger partial charge < -0.3 is 9.64 Å². The van der Waals surface area contributed by atoms with Crippen molar-refractivity contribution < 1.29 is 4.74 Å². The Labute approximate surface area is 118 Å². The van der Waals surface area contributed by atoms with E-state index in [0.717, 1.165) is 30.2 Å². The van der Waals surface area contributed by atoms with Gasteiger partial charge in [-0.1, -0.05) is 0 Å². The molecule has 5 nitrogen and oxygen atoms in total. The van der Waals surface area contributed by atoms with E-state index in [0.29, 0.717) is 12.5 Å². The van der Waals surface area contributed by atoms with E-state index in [1.54, 1.807) is 18.6 Å². The lowest BCUT2D eigenvalue weighted by Crippen LogP contribution is -2.20. The maximum atomic E-state index is 5.61. The number of aromatic nitrogens is 3. The summed E-state index contributed by atoms with van der Waals surface area (Å²) in [7, 11) is 0. The number of anilines is 1. The predicted octanol–water partition coefficient (Wildman–Crippen LogP) is 2.54. The molecule has 0 unspecified atom stereocenters. The minimum atomic E-state index is 0.587. The van der Waals surface area contributed by atoms with Crippen LogP contribution in [0.2, 0.25) is 0 Å². The molecule has 20 heavy (non-hydrogen) atoms. The second-order valence-electron chi connectivity index (χ2n) is 4.71. The minimum Gasteiger partial charge on any atom is -0.477 e. The Bertz CT molecular complexity index is 582. The molecule has 0 bridgehead atoms. The fourth-order valence-corrected chi connectivity index (χ4v) is 2.50. The fourth-order valence-electron chi connectivity index (χ4n) is 2.50. The molecule has 3 rings (SSSR count). The van der Waals surface area contributed by atoms with Gasteiger partial charge in [-0.2, -0.15) is 0 Å². The molecule has 0 aromatic carbocycles. The van der Waals surface area contributed by atoms with Gasteiger partial charge in [-0.05, 0) is 31.9 Å². The number of hydrogen-bond acceptors (Lipinski definition) is 5. The van der Waals surface area contributed by atoms with E-state index < -0.39 is 0 Å². The van der Waals surface area contributed by atoms with Crippen LogP contribution >= 0.6 is 0 Å². The Kier molecular flexibility index (Phi) is 3.76. The van der Waals surface area contributed by atoms with E-state index in [9.17, 15) is 0 Å². The zero-order chi connectivity index (χ0) is 13.8. The van der Waals surface area contributed by atoms with E-state index in [-0.39, 0.29) is 0 Å². The second kappa shape index (κ2) is 5.86. The van der Waals surface area contributed by atoms with Gasteiger partial charge in [-0.15, -0.1) is 0 Å². The van der Waals surface area contributed by atoms with Crippen molar-refractivity contribution in [3.8, 4) is 17.1 Å². The molecule has 3 heterocycles. The molecule has 0 atom stereocenters. The fraction of sp³-hybridized carbons (Fsp3) is 0.400. The van der Waals surface area contributed by atoms with E-state index in [1.165, 1.54) is 12.8 Å². The molecule has 5 heteroatoms. The van der Waals surface area contributed by atoms with Crippen molar-refractivity contribution in [1.29, 1.82) is 0 Å². The molecule has 0 amide bonds. The van der Waals surface area contributed by atoms with Crippen LogP contribution in [0.5, 0.6) is 5.88 Å². The van der Waals surface area contributed by atoms with Gasteiger partial charge in [0.25, 0.3) is 0 Å². The van der Waals surface area contributed by atoms with Crippen molar-refractivity contribution in [2.45, 2.75) is 19.8 Å². The number of hydrogen-bond donors (Lipinski definition) is 0. The Balaban J connectivity index is 2.05. The quantitative estimate of drug-likeness (QED) is 0.854. The van der Waals surface area contributed by atoms with E-state index in [1.807, 2.05) is 19.1 Å². The number of rotatable bonds is 4. The Hall–Kier alpha value is -2.17. The first-order chi connectivity index (χ1) is 9.90. The van der Waals surface area contributed by atoms with Gasteiger partial charge >= 0.3 is 0 Å². The molecule has 0 spiro atoms. The molecule has 0 saturated carbocycles. The first-order valence-corrected chi connectivity index (χ1v) is 7.04. The maximum absolute atomic E-state index is 5.61. The molecule has 1 fully saturated rings. The third kappa shape index (κ3) is 2.43. The van der Waals surface area contributed by atoms with Crippen LogP contribution < -0.4 is 9.64 Å². The summed E-state index contributed by atoms with van der Waals surface area (Å²) in [6.45, 7) is 4.62. The Morgan fingerprint density at radius 2 is 1.90 bits per heavy atom. The highest BCUT2D eigenvalue weighted by Gasteiger charge is 2.20. The molecule has 0 radical (unpaired) electrons. The maximum Gasteiger partial charge on any atom is 0.223 e. The van der Waals surface area contributed by atoms with Crippen LogP contribution in [0.4, 0.5) is 5.82 Å². The summed E-state index contributed by atoms with van der Waals surface area (Å²) in [4.78, 5) is 15.6. The number of pyridine rings is 1. The van der Waals surface area contributed by atoms with Gasteiger partial charge in [0.15, 0.2) is 5.82 Å². The molecule has 2 aromatic heterocycles. The summed E-state index contributed by atoms with van der Waals surface area (Å²) in [6.07, 6.45) is 7.62. The summed E-state index contributed by atoms with van der Waals surface area (Å²) in [5.41, 5.74) is 1.76. The number of nitrogens with zero attached hydrogens (tertiary/aromatic N) is 4. The Morgan fingerprint density at radius 3 is 2.70 bits per heavy atom. The van der Waals surface area contributed by atoms with Crippen molar-refractivity contribution in [2.75, 3.05) is 24.6 Å². The van der Waals surface area contributed by atoms with Crippen LogP contribution in [0, 0.1) is 0 Å². The van der Waals surface area contributed by atoms with Crippen molar-refractivity contribution >= 4 is 5.82 Å². The summed E-state index contributed by atoms with van der Waals surface area (Å²) in [6, 6.07) is 3.89. The zero-order valence-corrected chi connectivity index (χ0v) is 11.6. The smallest absolute Gasteiger partial charge is 0.223 e. The highest BCUT2D eigenvalue weighted by molar-refractivity contribution is 5.75. The van der Waals surface area contributed by atoms with Gasteiger partial charge in [0.05, 0.1) is 12.2 Å². The molecule has 1 saturated heterocycles. The van der Waals surface area contributed by atoms with Gasteiger partial charge in [0.1, 0.15) is 5.69 Å². The normalized spacial score (nSPS) is 14.6. The van der Waals surface area contributed by atoms with Crippen LogP contribution in [0.25, 0.3) is 11.3 Å². The van der Waals surface area contributed by atoms with E-state index in [2.05, 4.69) is 19.9 Å². The summed E-state index contributed by atoms with van der Waals surface area (Å²) in [5, 5.41) is 0. The zero-order valence-electron chi connectivity index (χ0n) is 11.6. The average molecular weight is 270 g/mol. The summed E-state index contributed by atoms with van der Waals surface area (Å²) < 4.78 is 5.61. The Morgan fingerprint density at radius 1 is 1.10 bits per heavy atom. The van der Waals surface area contributed by atoms with Crippen molar-refractivity contribution in [2.24, 2.45) is 0 Å². The first-order valence-electron chi connectivity index (χ1n) is 7.04. The molecule has 1 aliphatic heterocycles. The SMILES string of the molecule is CCOc1ncccc1-c1nccnc1N1CCCC1. The second-order valence-corrected chi connectivity index (χ2v) is 4.71. The first kappa shape index (κ1) is 12.8. The highest BCUT2D eigenvalue weighted by atomic mass is 16.5. The lowest BCUT2D eigenvalue weighted by Gasteiger charge is -2.19. The largest absolute Gasteiger partial charge is 0.477 e. The third-order valence-electron chi connectivity index (χ3n) is 3.39.